The maximum Gasteiger partial charge on any atom is 0.319 e. The average Bonchev–Trinajstić information content (AvgIpc) is 3.07. The Kier molecular flexibility index (Phi) is 13.2. The van der Waals surface area contributed by atoms with Crippen LogP contribution in [-0.2, 0) is 4.74 Å². The van der Waals surface area contributed by atoms with Crippen molar-refractivity contribution in [1.82, 2.24) is 10.2 Å². The Hall–Kier alpha value is -4.35. The van der Waals surface area contributed by atoms with Crippen LogP contribution in [0.1, 0.15) is 61.9 Å². The molecular weight excluding hydrogens is 603 g/mol. The number of aryl methyl sites for hydroxylation is 1. The number of anilines is 2. The van der Waals surface area contributed by atoms with E-state index in [2.05, 4.69) is 20.9 Å². The molecule has 3 amide bonds. The highest BCUT2D eigenvalue weighted by Gasteiger charge is 2.21. The van der Waals surface area contributed by atoms with Crippen molar-refractivity contribution in [2.24, 2.45) is 0 Å². The van der Waals surface area contributed by atoms with Crippen molar-refractivity contribution in [3.63, 3.8) is 0 Å². The number of hydrogen-bond donors (Lipinski definition) is 3. The Morgan fingerprint density at radius 3 is 2.30 bits per heavy atom. The van der Waals surface area contributed by atoms with Gasteiger partial charge in [-0.2, -0.15) is 0 Å². The smallest absolute Gasteiger partial charge is 0.319 e. The summed E-state index contributed by atoms with van der Waals surface area (Å²) in [5, 5.41) is 8.25. The molecule has 10 nitrogen and oxygen atoms in total. The highest BCUT2D eigenvalue weighted by molar-refractivity contribution is 6.04. The van der Waals surface area contributed by atoms with Gasteiger partial charge in [0.1, 0.15) is 17.6 Å². The number of carbonyl (C=O) groups is 2. The second-order valence-electron chi connectivity index (χ2n) is 11.7. The van der Waals surface area contributed by atoms with Crippen LogP contribution in [0.4, 0.5) is 20.6 Å². The van der Waals surface area contributed by atoms with Crippen LogP contribution in [0.5, 0.6) is 23.0 Å². The predicted octanol–water partition coefficient (Wildman–Crippen LogP) is 7.38. The monoisotopic (exact) mass is 650 g/mol. The van der Waals surface area contributed by atoms with E-state index in [1.54, 1.807) is 37.4 Å². The number of methoxy groups -OCH3 is 2. The zero-order valence-electron chi connectivity index (χ0n) is 28.0. The van der Waals surface area contributed by atoms with Crippen LogP contribution in [0, 0.1) is 12.7 Å². The number of rotatable bonds is 15. The third-order valence-corrected chi connectivity index (χ3v) is 8.25. The van der Waals surface area contributed by atoms with Gasteiger partial charge in [-0.25, -0.2) is 9.18 Å². The van der Waals surface area contributed by atoms with Gasteiger partial charge < -0.3 is 39.8 Å². The van der Waals surface area contributed by atoms with Crippen molar-refractivity contribution in [1.29, 1.82) is 0 Å². The summed E-state index contributed by atoms with van der Waals surface area (Å²) in [6.07, 6.45) is 4.66. The molecule has 1 fully saturated rings. The van der Waals surface area contributed by atoms with Gasteiger partial charge in [0.15, 0.2) is 17.3 Å². The number of amides is 3. The Bertz CT molecular complexity index is 1470. The number of nitrogens with zero attached hydrogens (tertiary/aromatic N) is 1. The number of carbonyl (C=O) groups excluding carboxylic acids is 2. The van der Waals surface area contributed by atoms with Gasteiger partial charge in [0.05, 0.1) is 12.8 Å². The molecule has 3 aromatic rings. The Morgan fingerprint density at radius 2 is 1.66 bits per heavy atom. The molecule has 0 radical (unpaired) electrons. The molecule has 11 heteroatoms. The minimum Gasteiger partial charge on any atom is -0.493 e. The normalized spacial score (nSPS) is 13.7. The first kappa shape index (κ1) is 35.5. The van der Waals surface area contributed by atoms with Crippen LogP contribution < -0.4 is 30.2 Å². The van der Waals surface area contributed by atoms with Crippen molar-refractivity contribution >= 4 is 23.3 Å². The maximum absolute atomic E-state index is 14.9. The fourth-order valence-electron chi connectivity index (χ4n) is 5.43. The summed E-state index contributed by atoms with van der Waals surface area (Å²) in [6, 6.07) is 14.2. The molecule has 4 rings (SSSR count). The van der Waals surface area contributed by atoms with Gasteiger partial charge in [0, 0.05) is 62.8 Å². The number of urea groups is 1. The van der Waals surface area contributed by atoms with Crippen LogP contribution in [0.3, 0.4) is 0 Å². The molecule has 47 heavy (non-hydrogen) atoms. The first-order chi connectivity index (χ1) is 22.7. The van der Waals surface area contributed by atoms with E-state index >= 15 is 0 Å². The molecular formula is C36H47FN4O6. The standard InChI is InChI=1S/C36H47FN4O6/c1-6-26(7-2)39-36(43)40-31-23-33(45-5)34(22-30(31)37)47-28-12-10-27(11-13-28)38-35(42)25-9-14-32(24(3)21-25)46-29-15-18-41(19-16-29)17-8-20-44-4/h9-14,21-23,26,29H,6-8,15-20H2,1-5H3,(H,38,42)(H2,39,40,43). The van der Waals surface area contributed by atoms with E-state index < -0.39 is 11.8 Å². The Balaban J connectivity index is 1.31. The summed E-state index contributed by atoms with van der Waals surface area (Å²) < 4.78 is 37.6. The lowest BCUT2D eigenvalue weighted by atomic mass is 10.1. The largest absolute Gasteiger partial charge is 0.493 e. The maximum atomic E-state index is 14.9. The molecule has 1 saturated heterocycles. The molecule has 1 aliphatic rings. The Labute approximate surface area is 276 Å². The molecule has 0 bridgehead atoms. The van der Waals surface area contributed by atoms with E-state index in [9.17, 15) is 14.0 Å². The van der Waals surface area contributed by atoms with Gasteiger partial charge in [0.2, 0.25) is 0 Å². The molecule has 3 N–H and O–H groups in total. The molecule has 254 valence electrons. The van der Waals surface area contributed by atoms with Crippen LogP contribution in [-0.4, -0.2) is 69.4 Å². The highest BCUT2D eigenvalue weighted by atomic mass is 19.1. The lowest BCUT2D eigenvalue weighted by molar-refractivity contribution is 0.0924. The molecule has 0 saturated carbocycles. The molecule has 0 aliphatic carbocycles. The summed E-state index contributed by atoms with van der Waals surface area (Å²) in [6.45, 7) is 9.72. The van der Waals surface area contributed by atoms with E-state index in [4.69, 9.17) is 18.9 Å². The predicted molar refractivity (Wildman–Crippen MR) is 182 cm³/mol. The molecule has 3 aromatic carbocycles. The molecule has 0 unspecified atom stereocenters. The number of nitrogens with one attached hydrogen (secondary N) is 3. The average molecular weight is 651 g/mol. The van der Waals surface area contributed by atoms with Crippen LogP contribution in [0.15, 0.2) is 54.6 Å². The van der Waals surface area contributed by atoms with Gasteiger partial charge in [0.25, 0.3) is 5.91 Å². The van der Waals surface area contributed by atoms with Crippen molar-refractivity contribution in [2.75, 3.05) is 51.1 Å². The fraction of sp³-hybridized carbons (Fsp3) is 0.444. The molecule has 0 atom stereocenters. The number of benzene rings is 3. The molecule has 0 spiro atoms. The van der Waals surface area contributed by atoms with Crippen molar-refractivity contribution in [3.05, 3.63) is 71.5 Å². The summed E-state index contributed by atoms with van der Waals surface area (Å²) in [5.74, 6) is 0.659. The zero-order valence-corrected chi connectivity index (χ0v) is 28.0. The minimum absolute atomic E-state index is 0.00467. The lowest BCUT2D eigenvalue weighted by Gasteiger charge is -2.32. The van der Waals surface area contributed by atoms with E-state index in [1.165, 1.54) is 13.2 Å². The number of likely N-dealkylation sites (tertiary alicyclic amines) is 1. The summed E-state index contributed by atoms with van der Waals surface area (Å²) >= 11 is 0. The van der Waals surface area contributed by atoms with E-state index in [-0.39, 0.29) is 35.2 Å². The topological polar surface area (TPSA) is 110 Å². The SMILES string of the molecule is CCC(CC)NC(=O)Nc1cc(OC)c(Oc2ccc(NC(=O)c3ccc(OC4CCN(CCCOC)CC4)c(C)c3)cc2)cc1F. The van der Waals surface area contributed by atoms with Gasteiger partial charge in [-0.15, -0.1) is 0 Å². The van der Waals surface area contributed by atoms with Crippen molar-refractivity contribution < 1.29 is 32.9 Å². The summed E-state index contributed by atoms with van der Waals surface area (Å²) in [7, 11) is 3.16. The Morgan fingerprint density at radius 1 is 0.936 bits per heavy atom. The van der Waals surface area contributed by atoms with Crippen molar-refractivity contribution in [2.45, 2.75) is 65.0 Å². The second kappa shape index (κ2) is 17.5. The first-order valence-corrected chi connectivity index (χ1v) is 16.3. The molecule has 1 aliphatic heterocycles. The highest BCUT2D eigenvalue weighted by Crippen LogP contribution is 2.36. The third-order valence-electron chi connectivity index (χ3n) is 8.25. The number of ether oxygens (including phenoxy) is 4. The molecule has 1 heterocycles. The summed E-state index contributed by atoms with van der Waals surface area (Å²) in [5.41, 5.74) is 1.96. The van der Waals surface area contributed by atoms with Gasteiger partial charge in [-0.1, -0.05) is 13.8 Å². The van der Waals surface area contributed by atoms with Crippen molar-refractivity contribution in [3.8, 4) is 23.0 Å². The van der Waals surface area contributed by atoms with E-state index in [0.717, 1.165) is 75.7 Å². The number of hydrogen-bond acceptors (Lipinski definition) is 7. The second-order valence-corrected chi connectivity index (χ2v) is 11.7. The van der Waals surface area contributed by atoms with Crippen LogP contribution >= 0.6 is 0 Å². The lowest BCUT2D eigenvalue weighted by Crippen LogP contribution is -2.39. The van der Waals surface area contributed by atoms with E-state index in [1.807, 2.05) is 32.9 Å². The molecule has 0 aromatic heterocycles. The number of halogens is 1. The minimum atomic E-state index is -0.671. The van der Waals surface area contributed by atoms with Gasteiger partial charge >= 0.3 is 6.03 Å². The summed E-state index contributed by atoms with van der Waals surface area (Å²) in [4.78, 5) is 27.8. The van der Waals surface area contributed by atoms with Crippen LogP contribution in [0.2, 0.25) is 0 Å². The first-order valence-electron chi connectivity index (χ1n) is 16.3. The zero-order chi connectivity index (χ0) is 33.8. The van der Waals surface area contributed by atoms with Crippen LogP contribution in [0.25, 0.3) is 0 Å². The van der Waals surface area contributed by atoms with Gasteiger partial charge in [-0.3, -0.25) is 4.79 Å². The quantitative estimate of drug-likeness (QED) is 0.147. The number of piperidine rings is 1. The van der Waals surface area contributed by atoms with E-state index in [0.29, 0.717) is 17.0 Å². The fourth-order valence-corrected chi connectivity index (χ4v) is 5.43. The van der Waals surface area contributed by atoms with Gasteiger partial charge in [-0.05, 0) is 87.1 Å². The third kappa shape index (κ3) is 10.3.